The minimum absolute atomic E-state index is 1.06. The van der Waals surface area contributed by atoms with E-state index in [1.165, 1.54) is 0 Å². The third-order valence-corrected chi connectivity index (χ3v) is 1.03. The Bertz CT molecular complexity index is 124. The van der Waals surface area contributed by atoms with E-state index in [4.69, 9.17) is 0 Å². The maximum atomic E-state index is 3.86. The monoisotopic (exact) mass is 109 g/mol. The molecule has 0 aromatic rings. The molecule has 0 unspecified atom stereocenters. The highest BCUT2D eigenvalue weighted by Gasteiger charge is 1.96. The molecule has 0 aromatic heterocycles. The minimum atomic E-state index is 1.06. The number of allylic oxidation sites excluding steroid dienone is 1. The van der Waals surface area contributed by atoms with Gasteiger partial charge in [0.05, 0.1) is 11.9 Å². The van der Waals surface area contributed by atoms with Crippen molar-refractivity contribution in [2.45, 2.75) is 19.8 Å². The van der Waals surface area contributed by atoms with E-state index in [0.29, 0.717) is 0 Å². The van der Waals surface area contributed by atoms with Gasteiger partial charge in [0.25, 0.3) is 0 Å². The van der Waals surface area contributed by atoms with Crippen molar-refractivity contribution in [3.63, 3.8) is 0 Å². The van der Waals surface area contributed by atoms with Crippen molar-refractivity contribution in [2.24, 2.45) is 5.10 Å². The van der Waals surface area contributed by atoms with Crippen molar-refractivity contribution in [2.75, 3.05) is 0 Å². The second kappa shape index (κ2) is 2.50. The molecule has 0 bridgehead atoms. The Kier molecular flexibility index (Phi) is 1.67. The highest BCUT2D eigenvalue weighted by Crippen LogP contribution is 1.97. The van der Waals surface area contributed by atoms with Crippen LogP contribution in [-0.2, 0) is 0 Å². The summed E-state index contributed by atoms with van der Waals surface area (Å²) in [5, 5.41) is 3.86. The summed E-state index contributed by atoms with van der Waals surface area (Å²) in [5.41, 5.74) is 4.79. The maximum Gasteiger partial charge on any atom is 0.0646 e. The van der Waals surface area contributed by atoms with Crippen molar-refractivity contribution in [1.29, 1.82) is 0 Å². The van der Waals surface area contributed by atoms with E-state index >= 15 is 0 Å². The summed E-state index contributed by atoms with van der Waals surface area (Å²) in [6.45, 7) is 2.13. The molecule has 1 aliphatic heterocycles. The van der Waals surface area contributed by atoms with Crippen LogP contribution in [0.4, 0.5) is 0 Å². The smallest absolute Gasteiger partial charge is 0.0646 e. The Morgan fingerprint density at radius 2 is 2.50 bits per heavy atom. The van der Waals surface area contributed by atoms with Crippen molar-refractivity contribution in [1.82, 2.24) is 5.43 Å². The minimum Gasteiger partial charge on any atom is -0.159 e. The van der Waals surface area contributed by atoms with Gasteiger partial charge in [-0.2, -0.15) is 10.5 Å². The summed E-state index contributed by atoms with van der Waals surface area (Å²) in [7, 11) is 0. The maximum absolute atomic E-state index is 3.86. The molecule has 2 nitrogen and oxygen atoms in total. The zero-order chi connectivity index (χ0) is 5.82. The van der Waals surface area contributed by atoms with Gasteiger partial charge in [0.15, 0.2) is 0 Å². The van der Waals surface area contributed by atoms with Gasteiger partial charge in [0.1, 0.15) is 0 Å². The van der Waals surface area contributed by atoms with E-state index in [1.54, 1.807) is 6.20 Å². The Morgan fingerprint density at radius 3 is 3.00 bits per heavy atom. The van der Waals surface area contributed by atoms with Gasteiger partial charge in [-0.15, -0.1) is 0 Å². The summed E-state index contributed by atoms with van der Waals surface area (Å²) in [5.74, 6) is 0. The molecule has 0 saturated heterocycles. The average molecular weight is 109 g/mol. The molecule has 0 aromatic carbocycles. The van der Waals surface area contributed by atoms with Gasteiger partial charge >= 0.3 is 0 Å². The van der Waals surface area contributed by atoms with Crippen LogP contribution in [0, 0.1) is 0 Å². The molecule has 1 radical (unpaired) electrons. The molecule has 43 valence electrons. The van der Waals surface area contributed by atoms with Gasteiger partial charge in [-0.05, 0) is 12.5 Å². The second-order valence-electron chi connectivity index (χ2n) is 1.77. The summed E-state index contributed by atoms with van der Waals surface area (Å²) in [4.78, 5) is 0. The quantitative estimate of drug-likeness (QED) is 0.510. The van der Waals surface area contributed by atoms with Crippen molar-refractivity contribution in [3.8, 4) is 0 Å². The first-order chi connectivity index (χ1) is 3.93. The lowest BCUT2D eigenvalue weighted by atomic mass is 10.2. The summed E-state index contributed by atoms with van der Waals surface area (Å²) < 4.78 is 0. The molecule has 1 rings (SSSR count). The molecule has 8 heavy (non-hydrogen) atoms. The lowest BCUT2D eigenvalue weighted by Gasteiger charge is -1.86. The fourth-order valence-electron chi connectivity index (χ4n) is 0.650. The highest BCUT2D eigenvalue weighted by molar-refractivity contribution is 5.95. The fraction of sp³-hybridized carbons (Fsp3) is 0.500. The van der Waals surface area contributed by atoms with Crippen LogP contribution in [0.5, 0.6) is 0 Å². The molecule has 0 N–H and O–H groups in total. The molecule has 1 heterocycles. The molecule has 0 atom stereocenters. The molecule has 0 saturated carbocycles. The van der Waals surface area contributed by atoms with E-state index < -0.39 is 0 Å². The van der Waals surface area contributed by atoms with Crippen molar-refractivity contribution < 1.29 is 0 Å². The highest BCUT2D eigenvalue weighted by atomic mass is 15.3. The van der Waals surface area contributed by atoms with Gasteiger partial charge < -0.3 is 0 Å². The van der Waals surface area contributed by atoms with Crippen LogP contribution in [0.1, 0.15) is 19.8 Å². The third kappa shape index (κ3) is 1.09. The first kappa shape index (κ1) is 5.35. The van der Waals surface area contributed by atoms with Crippen LogP contribution in [0.15, 0.2) is 17.4 Å². The molecular formula is C6H9N2. The van der Waals surface area contributed by atoms with Crippen LogP contribution in [0.3, 0.4) is 0 Å². The predicted molar refractivity (Wildman–Crippen MR) is 33.6 cm³/mol. The number of nitrogens with zero attached hydrogens (tertiary/aromatic N) is 2. The lowest BCUT2D eigenvalue weighted by Crippen LogP contribution is -1.88. The van der Waals surface area contributed by atoms with Crippen molar-refractivity contribution >= 4 is 5.71 Å². The van der Waals surface area contributed by atoms with Crippen LogP contribution in [-0.4, -0.2) is 5.71 Å². The molecular weight excluding hydrogens is 100 g/mol. The Morgan fingerprint density at radius 1 is 1.62 bits per heavy atom. The third-order valence-electron chi connectivity index (χ3n) is 1.03. The van der Waals surface area contributed by atoms with Gasteiger partial charge in [-0.25, -0.2) is 0 Å². The normalized spacial score (nSPS) is 15.9. The topological polar surface area (TPSA) is 26.5 Å². The zero-order valence-electron chi connectivity index (χ0n) is 4.96. The molecule has 0 fully saturated rings. The zero-order valence-corrected chi connectivity index (χ0v) is 4.96. The molecule has 0 spiro atoms. The number of hydrogen-bond acceptors (Lipinski definition) is 1. The van der Waals surface area contributed by atoms with E-state index in [-0.39, 0.29) is 0 Å². The standard InChI is InChI=1S/C6H9N2/c1-2-3-6-4-5-7-8-6/h4-5H,2-3H2,1H3. The predicted octanol–water partition coefficient (Wildman–Crippen LogP) is 1.27. The molecule has 2 heteroatoms. The second-order valence-corrected chi connectivity index (χ2v) is 1.77. The van der Waals surface area contributed by atoms with Crippen LogP contribution < -0.4 is 5.43 Å². The van der Waals surface area contributed by atoms with Gasteiger partial charge in [0.2, 0.25) is 0 Å². The van der Waals surface area contributed by atoms with Crippen molar-refractivity contribution in [3.05, 3.63) is 12.3 Å². The fourth-order valence-corrected chi connectivity index (χ4v) is 0.650. The van der Waals surface area contributed by atoms with E-state index in [1.807, 2.05) is 6.08 Å². The summed E-state index contributed by atoms with van der Waals surface area (Å²) in [6.07, 6.45) is 5.88. The number of hydrogen-bond donors (Lipinski definition) is 0. The summed E-state index contributed by atoms with van der Waals surface area (Å²) in [6, 6.07) is 0. The molecule has 1 aliphatic rings. The largest absolute Gasteiger partial charge is 0.159 e. The van der Waals surface area contributed by atoms with E-state index in [0.717, 1.165) is 18.6 Å². The van der Waals surface area contributed by atoms with Gasteiger partial charge in [-0.1, -0.05) is 13.3 Å². The Balaban J connectivity index is 2.34. The van der Waals surface area contributed by atoms with Crippen LogP contribution in [0.25, 0.3) is 0 Å². The Hall–Kier alpha value is -0.790. The van der Waals surface area contributed by atoms with E-state index in [9.17, 15) is 0 Å². The number of rotatable bonds is 2. The molecule has 0 amide bonds. The van der Waals surface area contributed by atoms with Crippen LogP contribution >= 0.6 is 0 Å². The first-order valence-corrected chi connectivity index (χ1v) is 2.86. The van der Waals surface area contributed by atoms with Gasteiger partial charge in [-0.3, -0.25) is 0 Å². The lowest BCUT2D eigenvalue weighted by molar-refractivity contribution is 0.939. The van der Waals surface area contributed by atoms with E-state index in [2.05, 4.69) is 17.5 Å². The van der Waals surface area contributed by atoms with Gasteiger partial charge in [0, 0.05) is 0 Å². The SMILES string of the molecule is CCCC1=N[N]C=C1. The average Bonchev–Trinajstić information content (AvgIpc) is 2.19. The first-order valence-electron chi connectivity index (χ1n) is 2.86. The van der Waals surface area contributed by atoms with Crippen LogP contribution in [0.2, 0.25) is 0 Å². The molecule has 0 aliphatic carbocycles. The Labute approximate surface area is 49.3 Å². The summed E-state index contributed by atoms with van der Waals surface area (Å²) >= 11 is 0.